The average molecular weight is 383 g/mol. The quantitative estimate of drug-likeness (QED) is 0.877. The first-order valence-corrected chi connectivity index (χ1v) is 10.3. The fourth-order valence-electron chi connectivity index (χ4n) is 4.59. The van der Waals surface area contributed by atoms with E-state index in [2.05, 4.69) is 29.2 Å². The molecule has 4 rings (SSSR count). The fourth-order valence-corrected chi connectivity index (χ4v) is 4.59. The van der Waals surface area contributed by atoms with Gasteiger partial charge in [-0.15, -0.1) is 0 Å². The zero-order valence-corrected chi connectivity index (χ0v) is 16.5. The van der Waals surface area contributed by atoms with Gasteiger partial charge in [-0.25, -0.2) is 4.39 Å². The molecule has 28 heavy (non-hydrogen) atoms. The van der Waals surface area contributed by atoms with Crippen LogP contribution in [0.15, 0.2) is 48.5 Å². The van der Waals surface area contributed by atoms with Gasteiger partial charge in [0.25, 0.3) is 5.91 Å². The molecule has 1 aliphatic heterocycles. The van der Waals surface area contributed by atoms with Crippen molar-refractivity contribution < 1.29 is 14.1 Å². The van der Waals surface area contributed by atoms with Gasteiger partial charge in [0.2, 0.25) is 0 Å². The molecule has 2 aromatic carbocycles. The van der Waals surface area contributed by atoms with Crippen LogP contribution in [0.3, 0.4) is 0 Å². The summed E-state index contributed by atoms with van der Waals surface area (Å²) in [7, 11) is 1.95. The van der Waals surface area contributed by atoms with Crippen LogP contribution in [0.4, 0.5) is 10.1 Å². The third-order valence-corrected chi connectivity index (χ3v) is 6.26. The van der Waals surface area contributed by atoms with Crippen molar-refractivity contribution in [3.8, 4) is 0 Å². The molecule has 0 unspecified atom stereocenters. The van der Waals surface area contributed by atoms with E-state index in [9.17, 15) is 9.18 Å². The van der Waals surface area contributed by atoms with Crippen LogP contribution in [0.2, 0.25) is 0 Å². The van der Waals surface area contributed by atoms with Gasteiger partial charge in [0.15, 0.2) is 6.54 Å². The number of aryl methyl sites for hydroxylation is 1. The molecule has 5 heteroatoms. The second-order valence-corrected chi connectivity index (χ2v) is 7.98. The summed E-state index contributed by atoms with van der Waals surface area (Å²) in [6.45, 7) is 3.78. The zero-order valence-electron chi connectivity index (χ0n) is 16.5. The normalized spacial score (nSPS) is 19.9. The number of rotatable bonds is 4. The van der Waals surface area contributed by atoms with Gasteiger partial charge in [-0.2, -0.15) is 0 Å². The number of piperazine rings is 1. The minimum Gasteiger partial charge on any atom is -0.358 e. The summed E-state index contributed by atoms with van der Waals surface area (Å²) < 4.78 is 14.0. The van der Waals surface area contributed by atoms with Gasteiger partial charge >= 0.3 is 0 Å². The molecule has 2 aromatic rings. The van der Waals surface area contributed by atoms with Crippen molar-refractivity contribution >= 4 is 11.6 Å². The van der Waals surface area contributed by atoms with E-state index in [1.54, 1.807) is 6.07 Å². The van der Waals surface area contributed by atoms with Gasteiger partial charge < -0.3 is 14.7 Å². The van der Waals surface area contributed by atoms with Gasteiger partial charge in [0.05, 0.1) is 37.9 Å². The van der Waals surface area contributed by atoms with E-state index in [0.29, 0.717) is 12.2 Å². The molecule has 1 aliphatic carbocycles. The number of benzene rings is 2. The van der Waals surface area contributed by atoms with Crippen molar-refractivity contribution in [1.29, 1.82) is 0 Å². The molecule has 0 aromatic heterocycles. The summed E-state index contributed by atoms with van der Waals surface area (Å²) in [6, 6.07) is 15.6. The highest BCUT2D eigenvalue weighted by Gasteiger charge is 2.30. The van der Waals surface area contributed by atoms with E-state index in [0.717, 1.165) is 45.4 Å². The Hall–Kier alpha value is -2.40. The number of hydrogen-bond acceptors (Lipinski definition) is 2. The van der Waals surface area contributed by atoms with E-state index in [1.807, 2.05) is 24.1 Å². The molecule has 4 nitrogen and oxygen atoms in total. The summed E-state index contributed by atoms with van der Waals surface area (Å²) in [4.78, 5) is 18.3. The van der Waals surface area contributed by atoms with Crippen LogP contribution in [0.1, 0.15) is 30.0 Å². The number of carbonyl (C=O) groups excluding carboxylic acids is 1. The van der Waals surface area contributed by atoms with E-state index in [1.165, 1.54) is 22.1 Å². The lowest BCUT2D eigenvalue weighted by molar-refractivity contribution is -0.892. The zero-order chi connectivity index (χ0) is 19.5. The predicted molar refractivity (Wildman–Crippen MR) is 109 cm³/mol. The van der Waals surface area contributed by atoms with Crippen molar-refractivity contribution in [2.45, 2.75) is 25.3 Å². The lowest BCUT2D eigenvalue weighted by Crippen LogP contribution is -3.15. The number of likely N-dealkylation sites (N-methyl/N-ethyl adjacent to an activating group) is 1. The molecule has 0 spiro atoms. The second-order valence-electron chi connectivity index (χ2n) is 7.98. The Morgan fingerprint density at radius 2 is 1.86 bits per heavy atom. The number of nitrogens with zero attached hydrogens (tertiary/aromatic N) is 2. The Morgan fingerprint density at radius 1 is 1.14 bits per heavy atom. The molecule has 1 heterocycles. The van der Waals surface area contributed by atoms with Crippen LogP contribution < -0.4 is 9.80 Å². The van der Waals surface area contributed by atoms with E-state index < -0.39 is 0 Å². The van der Waals surface area contributed by atoms with Gasteiger partial charge in [0, 0.05) is 7.05 Å². The molecule has 1 fully saturated rings. The Labute approximate surface area is 166 Å². The predicted octanol–water partition coefficient (Wildman–Crippen LogP) is 2.07. The third-order valence-electron chi connectivity index (χ3n) is 6.26. The van der Waals surface area contributed by atoms with Crippen molar-refractivity contribution in [3.63, 3.8) is 0 Å². The number of nitrogens with one attached hydrogen (secondary N) is 1. The largest absolute Gasteiger partial charge is 0.358 e. The molecule has 1 atom stereocenters. The second kappa shape index (κ2) is 8.31. The van der Waals surface area contributed by atoms with Crippen LogP contribution in [-0.4, -0.2) is 50.6 Å². The molecule has 1 N–H and O–H groups in total. The van der Waals surface area contributed by atoms with E-state index in [4.69, 9.17) is 0 Å². The van der Waals surface area contributed by atoms with Crippen LogP contribution in [0.5, 0.6) is 0 Å². The molecule has 0 bridgehead atoms. The number of para-hydroxylation sites is 1. The minimum atomic E-state index is -0.169. The van der Waals surface area contributed by atoms with Crippen molar-refractivity contribution in [2.75, 3.05) is 44.7 Å². The minimum absolute atomic E-state index is 0.169. The number of carbonyl (C=O) groups is 1. The number of fused-ring (bicyclic) bond motifs is 1. The molecule has 1 saturated heterocycles. The third kappa shape index (κ3) is 3.90. The highest BCUT2D eigenvalue weighted by Crippen LogP contribution is 2.33. The molecule has 2 aliphatic rings. The number of quaternary nitrogens is 1. The number of hydrogen-bond donors (Lipinski definition) is 1. The first-order chi connectivity index (χ1) is 13.6. The Morgan fingerprint density at radius 3 is 2.64 bits per heavy atom. The highest BCUT2D eigenvalue weighted by atomic mass is 19.1. The van der Waals surface area contributed by atoms with Crippen LogP contribution in [0.25, 0.3) is 0 Å². The van der Waals surface area contributed by atoms with E-state index >= 15 is 0 Å². The summed E-state index contributed by atoms with van der Waals surface area (Å²) >= 11 is 0. The van der Waals surface area contributed by atoms with Gasteiger partial charge in [-0.05, 0) is 42.5 Å². The summed E-state index contributed by atoms with van der Waals surface area (Å²) in [6.07, 6.45) is 3.28. The Kier molecular flexibility index (Phi) is 5.62. The standard InChI is InChI=1S/C23H28FN3O/c1-25(21-12-6-8-18-7-2-3-9-19(18)21)23(28)17-26-13-15-27(16-14-26)22-11-5-4-10-20(22)24/h2-5,7,9-11,21H,6,8,12-17H2,1H3/p+1/t21-/m0/s1. The van der Waals surface area contributed by atoms with Crippen molar-refractivity contribution in [1.82, 2.24) is 4.90 Å². The van der Waals surface area contributed by atoms with Gasteiger partial charge in [-0.1, -0.05) is 36.4 Å². The molecule has 1 amide bonds. The molecular weight excluding hydrogens is 353 g/mol. The van der Waals surface area contributed by atoms with Crippen molar-refractivity contribution in [2.24, 2.45) is 0 Å². The SMILES string of the molecule is CN(C(=O)C[NH+]1CCN(c2ccccc2F)CC1)[C@H]1CCCc2ccccc21. The molecular formula is C23H29FN3O+. The smallest absolute Gasteiger partial charge is 0.278 e. The highest BCUT2D eigenvalue weighted by molar-refractivity contribution is 5.77. The summed E-state index contributed by atoms with van der Waals surface area (Å²) in [5, 5.41) is 0. The van der Waals surface area contributed by atoms with Gasteiger partial charge in [-0.3, -0.25) is 4.79 Å². The number of halogens is 1. The van der Waals surface area contributed by atoms with Crippen LogP contribution in [-0.2, 0) is 11.2 Å². The number of amides is 1. The van der Waals surface area contributed by atoms with Crippen molar-refractivity contribution in [3.05, 3.63) is 65.5 Å². The lowest BCUT2D eigenvalue weighted by atomic mass is 9.87. The summed E-state index contributed by atoms with van der Waals surface area (Å²) in [5.74, 6) is 0.0359. The topological polar surface area (TPSA) is 28.0 Å². The van der Waals surface area contributed by atoms with Gasteiger partial charge in [0.1, 0.15) is 5.82 Å². The van der Waals surface area contributed by atoms with E-state index in [-0.39, 0.29) is 17.8 Å². The first kappa shape index (κ1) is 18.9. The molecule has 0 radical (unpaired) electrons. The van der Waals surface area contributed by atoms with Crippen LogP contribution in [0, 0.1) is 5.82 Å². The average Bonchev–Trinajstić information content (AvgIpc) is 2.74. The fraction of sp³-hybridized carbons (Fsp3) is 0.435. The monoisotopic (exact) mass is 382 g/mol. The Bertz CT molecular complexity index is 832. The summed E-state index contributed by atoms with van der Waals surface area (Å²) in [5.41, 5.74) is 3.36. The first-order valence-electron chi connectivity index (χ1n) is 10.3. The lowest BCUT2D eigenvalue weighted by Gasteiger charge is -2.36. The number of anilines is 1. The maximum Gasteiger partial charge on any atom is 0.278 e. The maximum atomic E-state index is 14.0. The molecule has 0 saturated carbocycles. The maximum absolute atomic E-state index is 14.0. The van der Waals surface area contributed by atoms with Crippen LogP contribution >= 0.6 is 0 Å². The Balaban J connectivity index is 1.34. The molecule has 148 valence electrons.